The molecule has 1 rings (SSSR count). The molecule has 0 aromatic carbocycles. The number of H-pyrrole nitrogens is 1. The first-order chi connectivity index (χ1) is 7.36. The average molecular weight is 207 g/mol. The van der Waals surface area contributed by atoms with Crippen molar-refractivity contribution in [3.8, 4) is 0 Å². The quantitative estimate of drug-likeness (QED) is 0.511. The third kappa shape index (κ3) is 4.82. The predicted molar refractivity (Wildman–Crippen MR) is 63.3 cm³/mol. The van der Waals surface area contributed by atoms with E-state index in [-0.39, 0.29) is 0 Å². The zero-order valence-corrected chi connectivity index (χ0v) is 9.59. The van der Waals surface area contributed by atoms with Crippen molar-refractivity contribution in [1.82, 2.24) is 4.98 Å². The number of aromatic amines is 1. The maximum Gasteiger partial charge on any atom is 0.166 e. The SMILES string of the molecule is CCCCCCCCc1ccc(C=O)[nH]1. The number of hydrogen-bond acceptors (Lipinski definition) is 1. The highest BCUT2D eigenvalue weighted by Crippen LogP contribution is 2.09. The molecule has 1 aromatic heterocycles. The minimum absolute atomic E-state index is 0.691. The van der Waals surface area contributed by atoms with Gasteiger partial charge in [0.2, 0.25) is 0 Å². The molecular formula is C13H21NO. The number of hydrogen-bond donors (Lipinski definition) is 1. The Kier molecular flexibility index (Phi) is 5.83. The number of unbranched alkanes of at least 4 members (excludes halogenated alkanes) is 5. The molecule has 0 unspecified atom stereocenters. The maximum atomic E-state index is 10.4. The van der Waals surface area contributed by atoms with E-state index in [2.05, 4.69) is 11.9 Å². The van der Waals surface area contributed by atoms with Crippen molar-refractivity contribution >= 4 is 6.29 Å². The molecule has 0 aliphatic rings. The molecule has 0 saturated carbocycles. The zero-order valence-electron chi connectivity index (χ0n) is 9.59. The fraction of sp³-hybridized carbons (Fsp3) is 0.615. The van der Waals surface area contributed by atoms with Crippen molar-refractivity contribution in [3.05, 3.63) is 23.5 Å². The molecule has 0 saturated heterocycles. The lowest BCUT2D eigenvalue weighted by molar-refractivity contribution is 0.111. The Morgan fingerprint density at radius 2 is 1.87 bits per heavy atom. The molecule has 15 heavy (non-hydrogen) atoms. The van der Waals surface area contributed by atoms with Crippen molar-refractivity contribution < 1.29 is 4.79 Å². The monoisotopic (exact) mass is 207 g/mol. The Labute approximate surface area is 92.1 Å². The molecule has 1 aromatic rings. The summed E-state index contributed by atoms with van der Waals surface area (Å²) < 4.78 is 0. The van der Waals surface area contributed by atoms with Gasteiger partial charge in [0.15, 0.2) is 6.29 Å². The van der Waals surface area contributed by atoms with E-state index in [0.717, 1.165) is 12.7 Å². The first-order valence-electron chi connectivity index (χ1n) is 6.00. The van der Waals surface area contributed by atoms with Crippen LogP contribution in [-0.2, 0) is 6.42 Å². The van der Waals surface area contributed by atoms with Crippen molar-refractivity contribution in [2.45, 2.75) is 51.9 Å². The summed E-state index contributed by atoms with van der Waals surface area (Å²) >= 11 is 0. The average Bonchev–Trinajstić information content (AvgIpc) is 2.71. The van der Waals surface area contributed by atoms with Crippen LogP contribution in [0.4, 0.5) is 0 Å². The van der Waals surface area contributed by atoms with E-state index in [9.17, 15) is 4.79 Å². The van der Waals surface area contributed by atoms with Crippen molar-refractivity contribution in [3.63, 3.8) is 0 Å². The molecule has 0 radical (unpaired) electrons. The normalized spacial score (nSPS) is 10.5. The van der Waals surface area contributed by atoms with Gasteiger partial charge in [-0.25, -0.2) is 0 Å². The lowest BCUT2D eigenvalue weighted by Gasteiger charge is -1.99. The number of aryl methyl sites for hydroxylation is 1. The molecule has 0 atom stereocenters. The van der Waals surface area contributed by atoms with Crippen LogP contribution in [0.25, 0.3) is 0 Å². The smallest absolute Gasteiger partial charge is 0.166 e. The fourth-order valence-electron chi connectivity index (χ4n) is 1.77. The summed E-state index contributed by atoms with van der Waals surface area (Å²) in [5, 5.41) is 0. The highest BCUT2D eigenvalue weighted by molar-refractivity contribution is 5.71. The van der Waals surface area contributed by atoms with Crippen molar-refractivity contribution in [2.75, 3.05) is 0 Å². The van der Waals surface area contributed by atoms with Gasteiger partial charge in [0.1, 0.15) is 0 Å². The second-order valence-corrected chi connectivity index (χ2v) is 4.07. The topological polar surface area (TPSA) is 32.9 Å². The standard InChI is InChI=1S/C13H21NO/c1-2-3-4-5-6-7-8-12-9-10-13(11-15)14-12/h9-11,14H,2-8H2,1H3. The highest BCUT2D eigenvalue weighted by atomic mass is 16.1. The molecule has 0 aliphatic heterocycles. The van der Waals surface area contributed by atoms with E-state index in [1.54, 1.807) is 0 Å². The van der Waals surface area contributed by atoms with Gasteiger partial charge < -0.3 is 4.98 Å². The molecule has 1 heterocycles. The minimum atomic E-state index is 0.691. The van der Waals surface area contributed by atoms with Gasteiger partial charge in [0, 0.05) is 5.69 Å². The van der Waals surface area contributed by atoms with Crippen LogP contribution in [0.5, 0.6) is 0 Å². The summed E-state index contributed by atoms with van der Waals surface area (Å²) in [5.41, 5.74) is 1.88. The third-order valence-electron chi connectivity index (χ3n) is 2.70. The van der Waals surface area contributed by atoms with Crippen LogP contribution in [0.15, 0.2) is 12.1 Å². The molecule has 0 spiro atoms. The van der Waals surface area contributed by atoms with E-state index < -0.39 is 0 Å². The van der Waals surface area contributed by atoms with Gasteiger partial charge in [-0.2, -0.15) is 0 Å². The second-order valence-electron chi connectivity index (χ2n) is 4.07. The molecule has 1 N–H and O–H groups in total. The number of aromatic nitrogens is 1. The first kappa shape index (κ1) is 12.0. The predicted octanol–water partition coefficient (Wildman–Crippen LogP) is 3.73. The molecule has 0 fully saturated rings. The van der Waals surface area contributed by atoms with E-state index >= 15 is 0 Å². The summed E-state index contributed by atoms with van der Waals surface area (Å²) in [6.07, 6.45) is 9.83. The highest BCUT2D eigenvalue weighted by Gasteiger charge is 1.97. The van der Waals surface area contributed by atoms with E-state index in [1.165, 1.54) is 44.2 Å². The number of carbonyl (C=O) groups is 1. The number of carbonyl (C=O) groups excluding carboxylic acids is 1. The van der Waals surface area contributed by atoms with Gasteiger partial charge in [-0.15, -0.1) is 0 Å². The third-order valence-corrected chi connectivity index (χ3v) is 2.70. The Morgan fingerprint density at radius 3 is 2.53 bits per heavy atom. The minimum Gasteiger partial charge on any atom is -0.356 e. The Morgan fingerprint density at radius 1 is 1.13 bits per heavy atom. The second kappa shape index (κ2) is 7.27. The largest absolute Gasteiger partial charge is 0.356 e. The van der Waals surface area contributed by atoms with Crippen LogP contribution in [-0.4, -0.2) is 11.3 Å². The molecule has 84 valence electrons. The Bertz CT molecular complexity index is 278. The van der Waals surface area contributed by atoms with Crippen LogP contribution < -0.4 is 0 Å². The molecule has 2 nitrogen and oxygen atoms in total. The van der Waals surface area contributed by atoms with Crippen LogP contribution in [0, 0.1) is 0 Å². The molecule has 0 amide bonds. The van der Waals surface area contributed by atoms with Crippen LogP contribution in [0.1, 0.15) is 61.6 Å². The van der Waals surface area contributed by atoms with Gasteiger partial charge in [-0.1, -0.05) is 39.0 Å². The molecule has 2 heteroatoms. The van der Waals surface area contributed by atoms with Crippen LogP contribution >= 0.6 is 0 Å². The van der Waals surface area contributed by atoms with Gasteiger partial charge in [0.25, 0.3) is 0 Å². The van der Waals surface area contributed by atoms with Crippen LogP contribution in [0.2, 0.25) is 0 Å². The lowest BCUT2D eigenvalue weighted by Crippen LogP contribution is -1.87. The van der Waals surface area contributed by atoms with Gasteiger partial charge in [-0.3, -0.25) is 4.79 Å². The summed E-state index contributed by atoms with van der Waals surface area (Å²) in [5.74, 6) is 0. The van der Waals surface area contributed by atoms with Crippen LogP contribution in [0.3, 0.4) is 0 Å². The van der Waals surface area contributed by atoms with Gasteiger partial charge >= 0.3 is 0 Å². The van der Waals surface area contributed by atoms with Gasteiger partial charge in [0.05, 0.1) is 5.69 Å². The van der Waals surface area contributed by atoms with Crippen molar-refractivity contribution in [2.24, 2.45) is 0 Å². The molecular weight excluding hydrogens is 186 g/mol. The first-order valence-corrected chi connectivity index (χ1v) is 6.00. The number of rotatable bonds is 8. The summed E-state index contributed by atoms with van der Waals surface area (Å²) in [6.45, 7) is 2.24. The summed E-state index contributed by atoms with van der Waals surface area (Å²) in [6, 6.07) is 3.86. The molecule has 0 bridgehead atoms. The van der Waals surface area contributed by atoms with E-state index in [4.69, 9.17) is 0 Å². The van der Waals surface area contributed by atoms with Crippen molar-refractivity contribution in [1.29, 1.82) is 0 Å². The lowest BCUT2D eigenvalue weighted by atomic mass is 10.1. The fourth-order valence-corrected chi connectivity index (χ4v) is 1.77. The number of aldehydes is 1. The maximum absolute atomic E-state index is 10.4. The summed E-state index contributed by atoms with van der Waals surface area (Å²) in [7, 11) is 0. The van der Waals surface area contributed by atoms with Gasteiger partial charge in [-0.05, 0) is 25.0 Å². The zero-order chi connectivity index (χ0) is 10.9. The molecule has 0 aliphatic carbocycles. The Balaban J connectivity index is 2.07. The van der Waals surface area contributed by atoms with E-state index in [0.29, 0.717) is 5.69 Å². The number of nitrogens with one attached hydrogen (secondary N) is 1. The Hall–Kier alpha value is -1.05. The summed E-state index contributed by atoms with van der Waals surface area (Å²) in [4.78, 5) is 13.5. The van der Waals surface area contributed by atoms with E-state index in [1.807, 2.05) is 12.1 Å².